The minimum atomic E-state index is -0.635. The summed E-state index contributed by atoms with van der Waals surface area (Å²) in [6.07, 6.45) is -2.86. The first-order valence-electron chi connectivity index (χ1n) is 6.07. The maximum Gasteiger partial charge on any atom is 0.190 e. The molecule has 0 saturated carbocycles. The predicted molar refractivity (Wildman–Crippen MR) is 61.0 cm³/mol. The summed E-state index contributed by atoms with van der Waals surface area (Å²) in [7, 11) is 0. The average molecular weight is 284 g/mol. The smallest absolute Gasteiger partial charge is 0.190 e. The van der Waals surface area contributed by atoms with Crippen LogP contribution >= 0.6 is 0 Å². The van der Waals surface area contributed by atoms with Gasteiger partial charge in [-0.1, -0.05) is 10.2 Å². The molecule has 3 aliphatic heterocycles. The third-order valence-corrected chi connectivity index (χ3v) is 3.21. The molecule has 0 spiro atoms. The predicted octanol–water partition coefficient (Wildman–Crippen LogP) is 0.815. The summed E-state index contributed by atoms with van der Waals surface area (Å²) in [5, 5.41) is 6.81. The van der Waals surface area contributed by atoms with Gasteiger partial charge in [0.15, 0.2) is 18.9 Å². The van der Waals surface area contributed by atoms with Crippen molar-refractivity contribution in [3.05, 3.63) is 20.9 Å². The van der Waals surface area contributed by atoms with E-state index in [0.717, 1.165) is 0 Å². The molecule has 3 rings (SSSR count). The van der Waals surface area contributed by atoms with Gasteiger partial charge in [-0.25, -0.2) is 0 Å². The number of hydrogen-bond acceptors (Lipinski definition) is 7. The molecule has 108 valence electrons. The van der Waals surface area contributed by atoms with Crippen LogP contribution in [0.1, 0.15) is 0 Å². The first-order chi connectivity index (χ1) is 9.81. The van der Waals surface area contributed by atoms with E-state index in [2.05, 4.69) is 20.1 Å². The summed E-state index contributed by atoms with van der Waals surface area (Å²) >= 11 is 0. The Labute approximate surface area is 112 Å². The molecular formula is C9H12N6O5. The quantitative estimate of drug-likeness (QED) is 0.426. The first-order valence-corrected chi connectivity index (χ1v) is 6.07. The lowest BCUT2D eigenvalue weighted by molar-refractivity contribution is -0.264. The highest BCUT2D eigenvalue weighted by molar-refractivity contribution is 4.94. The zero-order chi connectivity index (χ0) is 13.9. The Kier molecular flexibility index (Phi) is 3.90. The van der Waals surface area contributed by atoms with E-state index in [0.29, 0.717) is 6.61 Å². The second-order valence-corrected chi connectivity index (χ2v) is 4.40. The number of nitrogens with zero attached hydrogens (tertiary/aromatic N) is 6. The Morgan fingerprint density at radius 3 is 2.35 bits per heavy atom. The van der Waals surface area contributed by atoms with Crippen LogP contribution in [-0.4, -0.2) is 56.9 Å². The fraction of sp³-hybridized carbons (Fsp3) is 1.00. The summed E-state index contributed by atoms with van der Waals surface area (Å²) in [6.45, 7) is 0.472. The van der Waals surface area contributed by atoms with Gasteiger partial charge in [-0.3, -0.25) is 0 Å². The van der Waals surface area contributed by atoms with E-state index in [-0.39, 0.29) is 25.3 Å². The monoisotopic (exact) mass is 284 g/mol. The molecule has 0 N–H and O–H groups in total. The third kappa shape index (κ3) is 2.51. The number of azide groups is 2. The molecule has 0 aromatic heterocycles. The van der Waals surface area contributed by atoms with Crippen molar-refractivity contribution < 1.29 is 23.7 Å². The van der Waals surface area contributed by atoms with Gasteiger partial charge in [-0.15, -0.1) is 0 Å². The van der Waals surface area contributed by atoms with E-state index in [1.165, 1.54) is 0 Å². The second kappa shape index (κ2) is 5.81. The van der Waals surface area contributed by atoms with Crippen molar-refractivity contribution in [1.82, 2.24) is 0 Å². The van der Waals surface area contributed by atoms with Crippen molar-refractivity contribution in [2.75, 3.05) is 19.7 Å². The minimum Gasteiger partial charge on any atom is -0.350 e. The topological polar surface area (TPSA) is 144 Å². The van der Waals surface area contributed by atoms with Crippen LogP contribution in [0.15, 0.2) is 10.2 Å². The van der Waals surface area contributed by atoms with Gasteiger partial charge in [-0.2, -0.15) is 0 Å². The van der Waals surface area contributed by atoms with Crippen molar-refractivity contribution in [3.8, 4) is 0 Å². The van der Waals surface area contributed by atoms with Gasteiger partial charge in [0.2, 0.25) is 0 Å². The summed E-state index contributed by atoms with van der Waals surface area (Å²) < 4.78 is 27.7. The standard InChI is InChI=1S/C9H12N6O5/c10-14-12-1-5-16-3-4-7(18-5)8-9(17-4)20-6(19-8)2-13-15-11/h4-9H,1-3H2/t4-,5?,6?,7?,8?,9?/m1/s1. The molecule has 3 aliphatic rings. The molecular weight excluding hydrogens is 272 g/mol. The van der Waals surface area contributed by atoms with Crippen molar-refractivity contribution in [2.45, 2.75) is 37.2 Å². The van der Waals surface area contributed by atoms with E-state index in [1.807, 2.05) is 0 Å². The zero-order valence-electron chi connectivity index (χ0n) is 10.3. The van der Waals surface area contributed by atoms with Gasteiger partial charge >= 0.3 is 0 Å². The van der Waals surface area contributed by atoms with E-state index >= 15 is 0 Å². The van der Waals surface area contributed by atoms with Crippen LogP contribution in [0, 0.1) is 0 Å². The van der Waals surface area contributed by atoms with Crippen molar-refractivity contribution in [2.24, 2.45) is 10.2 Å². The van der Waals surface area contributed by atoms with Crippen LogP contribution in [0.3, 0.4) is 0 Å². The van der Waals surface area contributed by atoms with E-state index in [1.54, 1.807) is 0 Å². The fourth-order valence-corrected chi connectivity index (χ4v) is 2.41. The number of ether oxygens (including phenoxy) is 5. The summed E-state index contributed by atoms with van der Waals surface area (Å²) in [6, 6.07) is 0. The molecule has 3 heterocycles. The van der Waals surface area contributed by atoms with Crippen LogP contribution < -0.4 is 0 Å². The van der Waals surface area contributed by atoms with Gasteiger partial charge in [0.05, 0.1) is 19.7 Å². The Balaban J connectivity index is 1.60. The van der Waals surface area contributed by atoms with Crippen molar-refractivity contribution >= 4 is 0 Å². The van der Waals surface area contributed by atoms with Gasteiger partial charge in [0.1, 0.15) is 18.3 Å². The molecule has 11 heteroatoms. The third-order valence-electron chi connectivity index (χ3n) is 3.21. The Bertz CT molecular complexity index is 464. The van der Waals surface area contributed by atoms with Gasteiger partial charge in [0, 0.05) is 9.82 Å². The maximum absolute atomic E-state index is 8.29. The van der Waals surface area contributed by atoms with E-state index in [4.69, 9.17) is 34.7 Å². The summed E-state index contributed by atoms with van der Waals surface area (Å²) in [4.78, 5) is 5.31. The van der Waals surface area contributed by atoms with Gasteiger partial charge < -0.3 is 23.7 Å². The Hall–Kier alpha value is -1.58. The maximum atomic E-state index is 8.29. The molecule has 0 bridgehead atoms. The molecule has 0 radical (unpaired) electrons. The lowest BCUT2D eigenvalue weighted by Gasteiger charge is -2.32. The fourth-order valence-electron chi connectivity index (χ4n) is 2.41. The largest absolute Gasteiger partial charge is 0.350 e. The van der Waals surface area contributed by atoms with Gasteiger partial charge in [0.25, 0.3) is 0 Å². The molecule has 6 atom stereocenters. The van der Waals surface area contributed by atoms with Crippen LogP contribution in [-0.2, 0) is 23.7 Å². The van der Waals surface area contributed by atoms with Crippen LogP contribution in [0.25, 0.3) is 20.9 Å². The molecule has 0 amide bonds. The number of fused-ring (bicyclic) bond motifs is 3. The Morgan fingerprint density at radius 2 is 1.60 bits per heavy atom. The molecule has 11 nitrogen and oxygen atoms in total. The van der Waals surface area contributed by atoms with Gasteiger partial charge in [-0.05, 0) is 11.1 Å². The second-order valence-electron chi connectivity index (χ2n) is 4.40. The lowest BCUT2D eigenvalue weighted by Crippen LogP contribution is -2.47. The van der Waals surface area contributed by atoms with Crippen LogP contribution in [0.5, 0.6) is 0 Å². The molecule has 20 heavy (non-hydrogen) atoms. The molecule has 0 aromatic carbocycles. The summed E-state index contributed by atoms with van der Waals surface area (Å²) in [5.74, 6) is 0. The SMILES string of the molecule is [N-]=[N+]=NCC1OC2O[C@@H]3COC(CN=[N+]=[N-])OC3C2O1. The van der Waals surface area contributed by atoms with E-state index in [9.17, 15) is 0 Å². The molecule has 3 fully saturated rings. The van der Waals surface area contributed by atoms with Crippen molar-refractivity contribution in [3.63, 3.8) is 0 Å². The zero-order valence-corrected chi connectivity index (χ0v) is 10.3. The van der Waals surface area contributed by atoms with Crippen molar-refractivity contribution in [1.29, 1.82) is 0 Å². The van der Waals surface area contributed by atoms with Crippen LogP contribution in [0.2, 0.25) is 0 Å². The van der Waals surface area contributed by atoms with E-state index < -0.39 is 25.0 Å². The minimum absolute atomic E-state index is 0.0723. The van der Waals surface area contributed by atoms with Crippen LogP contribution in [0.4, 0.5) is 0 Å². The summed E-state index contributed by atoms with van der Waals surface area (Å²) in [5.41, 5.74) is 16.6. The number of rotatable bonds is 4. The molecule has 0 aliphatic carbocycles. The molecule has 3 saturated heterocycles. The molecule has 5 unspecified atom stereocenters. The normalized spacial score (nSPS) is 42.2. The highest BCUT2D eigenvalue weighted by Crippen LogP contribution is 2.37. The average Bonchev–Trinajstić information content (AvgIpc) is 3.00. The highest BCUT2D eigenvalue weighted by atomic mass is 16.8. The number of hydrogen-bond donors (Lipinski definition) is 0. The first kappa shape index (κ1) is 13.4. The Morgan fingerprint density at radius 1 is 0.900 bits per heavy atom. The lowest BCUT2D eigenvalue weighted by atomic mass is 10.1. The molecule has 0 aromatic rings. The highest BCUT2D eigenvalue weighted by Gasteiger charge is 2.55.